The molecule has 0 radical (unpaired) electrons. The van der Waals surface area contributed by atoms with E-state index in [2.05, 4.69) is 59.0 Å². The van der Waals surface area contributed by atoms with Crippen molar-refractivity contribution in [3.05, 3.63) is 58.4 Å². The van der Waals surface area contributed by atoms with Crippen LogP contribution >= 0.6 is 11.3 Å². The highest BCUT2D eigenvalue weighted by Crippen LogP contribution is 2.32. The number of rotatable bonds is 3. The smallest absolute Gasteiger partial charge is 0.101 e. The highest BCUT2D eigenvalue weighted by Gasteiger charge is 2.24. The first-order valence-electron chi connectivity index (χ1n) is 8.12. The second-order valence-electron chi connectivity index (χ2n) is 5.87. The zero-order chi connectivity index (χ0) is 15.6. The Kier molecular flexibility index (Phi) is 4.02. The molecule has 2 aromatic heterocycles. The predicted octanol–water partition coefficient (Wildman–Crippen LogP) is 4.44. The standard InChI is InChI=1S/C19H20N2OS/c1-2-15-11-18(16-5-3-4-6-17(16)20-15)21-8-9-22-19(12-21)14-7-10-23-13-14/h3-7,10-11,13,19H,2,8-9,12H2,1H3. The first kappa shape index (κ1) is 14.7. The van der Waals surface area contributed by atoms with Crippen LogP contribution in [0, 0.1) is 0 Å². The van der Waals surface area contributed by atoms with E-state index >= 15 is 0 Å². The van der Waals surface area contributed by atoms with Gasteiger partial charge in [-0.05, 0) is 40.9 Å². The topological polar surface area (TPSA) is 25.4 Å². The van der Waals surface area contributed by atoms with E-state index in [9.17, 15) is 0 Å². The third-order valence-electron chi connectivity index (χ3n) is 4.43. The first-order valence-corrected chi connectivity index (χ1v) is 9.06. The normalized spacial score (nSPS) is 18.5. The lowest BCUT2D eigenvalue weighted by atomic mass is 10.1. The number of hydrogen-bond acceptors (Lipinski definition) is 4. The van der Waals surface area contributed by atoms with Crippen molar-refractivity contribution in [1.82, 2.24) is 4.98 Å². The minimum absolute atomic E-state index is 0.159. The number of para-hydroxylation sites is 1. The number of nitrogens with zero attached hydrogens (tertiary/aromatic N) is 2. The molecule has 4 heteroatoms. The Morgan fingerprint density at radius 2 is 2.22 bits per heavy atom. The van der Waals surface area contributed by atoms with Crippen LogP contribution in [-0.2, 0) is 11.2 Å². The van der Waals surface area contributed by atoms with E-state index in [0.717, 1.165) is 37.3 Å². The lowest BCUT2D eigenvalue weighted by molar-refractivity contribution is 0.0401. The van der Waals surface area contributed by atoms with Gasteiger partial charge in [-0.3, -0.25) is 4.98 Å². The van der Waals surface area contributed by atoms with Crippen LogP contribution in [-0.4, -0.2) is 24.7 Å². The molecule has 1 fully saturated rings. The summed E-state index contributed by atoms with van der Waals surface area (Å²) in [5, 5.41) is 5.54. The number of anilines is 1. The highest BCUT2D eigenvalue weighted by atomic mass is 32.1. The number of hydrogen-bond donors (Lipinski definition) is 0. The molecule has 0 saturated carbocycles. The molecular formula is C19H20N2OS. The van der Waals surface area contributed by atoms with Crippen molar-refractivity contribution in [2.45, 2.75) is 19.4 Å². The summed E-state index contributed by atoms with van der Waals surface area (Å²) in [5.41, 5.74) is 4.81. The molecule has 4 rings (SSSR count). The van der Waals surface area contributed by atoms with E-state index in [4.69, 9.17) is 9.72 Å². The highest BCUT2D eigenvalue weighted by molar-refractivity contribution is 7.07. The number of ether oxygens (including phenoxy) is 1. The van der Waals surface area contributed by atoms with Gasteiger partial charge in [-0.1, -0.05) is 25.1 Å². The summed E-state index contributed by atoms with van der Waals surface area (Å²) >= 11 is 1.73. The fraction of sp³-hybridized carbons (Fsp3) is 0.316. The van der Waals surface area contributed by atoms with Crippen molar-refractivity contribution in [3.8, 4) is 0 Å². The van der Waals surface area contributed by atoms with Crippen molar-refractivity contribution in [3.63, 3.8) is 0 Å². The monoisotopic (exact) mass is 324 g/mol. The quantitative estimate of drug-likeness (QED) is 0.712. The van der Waals surface area contributed by atoms with Crippen LogP contribution in [0.4, 0.5) is 5.69 Å². The van der Waals surface area contributed by atoms with Gasteiger partial charge >= 0.3 is 0 Å². The molecule has 23 heavy (non-hydrogen) atoms. The maximum atomic E-state index is 5.99. The number of aryl methyl sites for hydroxylation is 1. The van der Waals surface area contributed by atoms with Crippen molar-refractivity contribution in [1.29, 1.82) is 0 Å². The molecule has 0 aliphatic carbocycles. The second-order valence-corrected chi connectivity index (χ2v) is 6.65. The lowest BCUT2D eigenvalue weighted by Gasteiger charge is -2.35. The van der Waals surface area contributed by atoms with Gasteiger partial charge in [-0.25, -0.2) is 0 Å². The molecule has 3 heterocycles. The Morgan fingerprint density at radius 3 is 3.04 bits per heavy atom. The number of pyridine rings is 1. The summed E-state index contributed by atoms with van der Waals surface area (Å²) < 4.78 is 5.99. The van der Waals surface area contributed by atoms with Gasteiger partial charge in [0.05, 0.1) is 12.1 Å². The van der Waals surface area contributed by atoms with Crippen LogP contribution in [0.3, 0.4) is 0 Å². The van der Waals surface area contributed by atoms with Crippen molar-refractivity contribution in [2.75, 3.05) is 24.6 Å². The predicted molar refractivity (Wildman–Crippen MR) is 96.3 cm³/mol. The number of benzene rings is 1. The number of aromatic nitrogens is 1. The molecule has 118 valence electrons. The second kappa shape index (κ2) is 6.30. The van der Waals surface area contributed by atoms with Crippen LogP contribution in [0.1, 0.15) is 24.3 Å². The van der Waals surface area contributed by atoms with Crippen molar-refractivity contribution >= 4 is 27.9 Å². The molecule has 1 atom stereocenters. The van der Waals surface area contributed by atoms with Crippen LogP contribution in [0.15, 0.2) is 47.2 Å². The number of thiophene rings is 1. The summed E-state index contributed by atoms with van der Waals surface area (Å²) in [6.07, 6.45) is 1.11. The zero-order valence-corrected chi connectivity index (χ0v) is 14.1. The Balaban J connectivity index is 1.73. The first-order chi connectivity index (χ1) is 11.3. The molecule has 0 amide bonds. The van der Waals surface area contributed by atoms with E-state index in [1.807, 2.05) is 0 Å². The molecule has 1 aromatic carbocycles. The minimum Gasteiger partial charge on any atom is -0.370 e. The maximum absolute atomic E-state index is 5.99. The Hall–Kier alpha value is -1.91. The third kappa shape index (κ3) is 2.84. The van der Waals surface area contributed by atoms with E-state index in [0.29, 0.717) is 0 Å². The minimum atomic E-state index is 0.159. The fourth-order valence-electron chi connectivity index (χ4n) is 3.18. The van der Waals surface area contributed by atoms with Crippen LogP contribution in [0.5, 0.6) is 0 Å². The summed E-state index contributed by atoms with van der Waals surface area (Å²) in [7, 11) is 0. The van der Waals surface area contributed by atoms with Crippen molar-refractivity contribution < 1.29 is 4.74 Å². The van der Waals surface area contributed by atoms with E-state index in [1.165, 1.54) is 16.6 Å². The SMILES string of the molecule is CCc1cc(N2CCOC(c3ccsc3)C2)c2ccccc2n1. The average molecular weight is 324 g/mol. The van der Waals surface area contributed by atoms with Gasteiger partial charge in [0.25, 0.3) is 0 Å². The third-order valence-corrected chi connectivity index (χ3v) is 5.13. The molecular weight excluding hydrogens is 304 g/mol. The molecule has 0 spiro atoms. The number of morpholine rings is 1. The summed E-state index contributed by atoms with van der Waals surface area (Å²) in [5.74, 6) is 0. The van der Waals surface area contributed by atoms with Gasteiger partial charge in [0.2, 0.25) is 0 Å². The van der Waals surface area contributed by atoms with Crippen LogP contribution < -0.4 is 4.90 Å². The Bertz CT molecular complexity index is 800. The Morgan fingerprint density at radius 1 is 1.30 bits per heavy atom. The lowest BCUT2D eigenvalue weighted by Crippen LogP contribution is -2.38. The van der Waals surface area contributed by atoms with E-state index < -0.39 is 0 Å². The van der Waals surface area contributed by atoms with Gasteiger partial charge in [0.1, 0.15) is 6.10 Å². The van der Waals surface area contributed by atoms with E-state index in [-0.39, 0.29) is 6.10 Å². The average Bonchev–Trinajstić information content (AvgIpc) is 3.15. The zero-order valence-electron chi connectivity index (χ0n) is 13.2. The molecule has 3 aromatic rings. The van der Waals surface area contributed by atoms with Crippen molar-refractivity contribution in [2.24, 2.45) is 0 Å². The molecule has 1 aliphatic rings. The molecule has 1 saturated heterocycles. The summed E-state index contributed by atoms with van der Waals surface area (Å²) in [4.78, 5) is 7.22. The molecule has 0 N–H and O–H groups in total. The van der Waals surface area contributed by atoms with Gasteiger partial charge in [-0.2, -0.15) is 11.3 Å². The van der Waals surface area contributed by atoms with E-state index in [1.54, 1.807) is 11.3 Å². The van der Waals surface area contributed by atoms with Crippen LogP contribution in [0.25, 0.3) is 10.9 Å². The van der Waals surface area contributed by atoms with Gasteiger partial charge < -0.3 is 9.64 Å². The maximum Gasteiger partial charge on any atom is 0.101 e. The van der Waals surface area contributed by atoms with Crippen LogP contribution in [0.2, 0.25) is 0 Å². The summed E-state index contributed by atoms with van der Waals surface area (Å²) in [6.45, 7) is 4.75. The molecule has 1 unspecified atom stereocenters. The molecule has 3 nitrogen and oxygen atoms in total. The van der Waals surface area contributed by atoms with Gasteiger partial charge in [0, 0.05) is 29.9 Å². The largest absolute Gasteiger partial charge is 0.370 e. The fourth-order valence-corrected chi connectivity index (χ4v) is 3.88. The van der Waals surface area contributed by atoms with Gasteiger partial charge in [-0.15, -0.1) is 0 Å². The molecule has 0 bridgehead atoms. The Labute approximate surface area is 140 Å². The van der Waals surface area contributed by atoms with Gasteiger partial charge in [0.15, 0.2) is 0 Å². The number of fused-ring (bicyclic) bond motifs is 1. The summed E-state index contributed by atoms with van der Waals surface area (Å²) in [6, 6.07) is 12.8. The molecule has 1 aliphatic heterocycles.